The zero-order valence-corrected chi connectivity index (χ0v) is 13.3. The van der Waals surface area contributed by atoms with Crippen molar-refractivity contribution in [1.29, 1.82) is 0 Å². The van der Waals surface area contributed by atoms with Crippen molar-refractivity contribution in [3.05, 3.63) is 35.9 Å². The molecule has 0 unspecified atom stereocenters. The lowest BCUT2D eigenvalue weighted by atomic mass is 9.99. The standard InChI is InChI=1S/C14H20O8S/c1-23(18,19)22-13-12(17)11(16)10(7-15)21-14(13)20-8-9-5-3-2-4-6-9/h2-6,10-17H,7-8H2,1H3/t10-,11+,12-,13+,14-/m0/s1. The number of benzene rings is 1. The van der Waals surface area contributed by atoms with Crippen LogP contribution in [0.4, 0.5) is 0 Å². The van der Waals surface area contributed by atoms with Crippen LogP contribution in [0, 0.1) is 0 Å². The third-order valence-electron chi connectivity index (χ3n) is 3.37. The molecule has 2 rings (SSSR count). The maximum atomic E-state index is 11.3. The monoisotopic (exact) mass is 348 g/mol. The Labute approximate surface area is 134 Å². The third-order valence-corrected chi connectivity index (χ3v) is 3.94. The lowest BCUT2D eigenvalue weighted by Crippen LogP contribution is -2.60. The summed E-state index contributed by atoms with van der Waals surface area (Å²) in [4.78, 5) is 0. The van der Waals surface area contributed by atoms with Crippen molar-refractivity contribution in [1.82, 2.24) is 0 Å². The molecule has 23 heavy (non-hydrogen) atoms. The number of aliphatic hydroxyl groups excluding tert-OH is 3. The van der Waals surface area contributed by atoms with E-state index in [-0.39, 0.29) is 6.61 Å². The molecule has 9 heteroatoms. The third kappa shape index (κ3) is 4.95. The van der Waals surface area contributed by atoms with Crippen molar-refractivity contribution in [2.75, 3.05) is 12.9 Å². The quantitative estimate of drug-likeness (QED) is 0.559. The summed E-state index contributed by atoms with van der Waals surface area (Å²) in [5, 5.41) is 29.1. The molecule has 8 nitrogen and oxygen atoms in total. The molecule has 0 spiro atoms. The molecule has 130 valence electrons. The summed E-state index contributed by atoms with van der Waals surface area (Å²) in [6.07, 6.45) is -6.07. The van der Waals surface area contributed by atoms with E-state index in [4.69, 9.17) is 13.7 Å². The van der Waals surface area contributed by atoms with Crippen LogP contribution in [0.15, 0.2) is 30.3 Å². The molecule has 3 N–H and O–H groups in total. The average molecular weight is 348 g/mol. The molecule has 1 aromatic carbocycles. The molecule has 1 aromatic rings. The normalized spacial score (nSPS) is 31.9. The van der Waals surface area contributed by atoms with Gasteiger partial charge in [0.15, 0.2) is 12.4 Å². The van der Waals surface area contributed by atoms with Gasteiger partial charge in [0, 0.05) is 0 Å². The Morgan fingerprint density at radius 2 is 1.83 bits per heavy atom. The predicted octanol–water partition coefficient (Wildman–Crippen LogP) is -1.01. The second-order valence-electron chi connectivity index (χ2n) is 5.27. The predicted molar refractivity (Wildman–Crippen MR) is 78.7 cm³/mol. The van der Waals surface area contributed by atoms with Crippen molar-refractivity contribution in [3.63, 3.8) is 0 Å². The Balaban J connectivity index is 2.13. The lowest BCUT2D eigenvalue weighted by Gasteiger charge is -2.41. The molecule has 0 radical (unpaired) electrons. The van der Waals surface area contributed by atoms with E-state index >= 15 is 0 Å². The van der Waals surface area contributed by atoms with E-state index < -0.39 is 47.4 Å². The zero-order chi connectivity index (χ0) is 17.0. The molecular formula is C14H20O8S. The van der Waals surface area contributed by atoms with Crippen LogP contribution in [0.5, 0.6) is 0 Å². The summed E-state index contributed by atoms with van der Waals surface area (Å²) in [5.41, 5.74) is 0.801. The molecule has 0 bridgehead atoms. The molecule has 0 saturated carbocycles. The summed E-state index contributed by atoms with van der Waals surface area (Å²) in [6, 6.07) is 9.03. The van der Waals surface area contributed by atoms with E-state index in [0.717, 1.165) is 11.8 Å². The van der Waals surface area contributed by atoms with Crippen LogP contribution in [0.25, 0.3) is 0 Å². The number of hydrogen-bond donors (Lipinski definition) is 3. The molecule has 1 aliphatic rings. The van der Waals surface area contributed by atoms with E-state index in [9.17, 15) is 23.7 Å². The first-order chi connectivity index (χ1) is 10.8. The Bertz CT molecular complexity index is 590. The van der Waals surface area contributed by atoms with Gasteiger partial charge in [-0.15, -0.1) is 0 Å². The summed E-state index contributed by atoms with van der Waals surface area (Å²) < 4.78 is 38.3. The average Bonchev–Trinajstić information content (AvgIpc) is 2.51. The highest BCUT2D eigenvalue weighted by Gasteiger charge is 2.47. The minimum absolute atomic E-state index is 0.0795. The smallest absolute Gasteiger partial charge is 0.264 e. The topological polar surface area (TPSA) is 123 Å². The minimum atomic E-state index is -3.91. The van der Waals surface area contributed by atoms with Crippen molar-refractivity contribution in [2.45, 2.75) is 37.3 Å². The largest absolute Gasteiger partial charge is 0.394 e. The van der Waals surface area contributed by atoms with Crippen molar-refractivity contribution in [3.8, 4) is 0 Å². The molecular weight excluding hydrogens is 328 g/mol. The van der Waals surface area contributed by atoms with Gasteiger partial charge in [-0.1, -0.05) is 30.3 Å². The molecule has 0 aliphatic carbocycles. The van der Waals surface area contributed by atoms with Crippen LogP contribution in [-0.4, -0.2) is 67.3 Å². The number of rotatable bonds is 6. The summed E-state index contributed by atoms with van der Waals surface area (Å²) >= 11 is 0. The van der Waals surface area contributed by atoms with Crippen molar-refractivity contribution >= 4 is 10.1 Å². The first kappa shape index (κ1) is 18.3. The Hall–Kier alpha value is -1.07. The Morgan fingerprint density at radius 1 is 1.17 bits per heavy atom. The highest BCUT2D eigenvalue weighted by atomic mass is 32.2. The SMILES string of the molecule is CS(=O)(=O)O[C@H]1[C@@H](OCc2ccccc2)O[C@@H](CO)[C@@H](O)[C@@H]1O. The van der Waals surface area contributed by atoms with Gasteiger partial charge in [-0.3, -0.25) is 4.18 Å². The molecule has 0 amide bonds. The molecule has 1 saturated heterocycles. The first-order valence-corrected chi connectivity index (χ1v) is 8.79. The Morgan fingerprint density at radius 3 is 2.39 bits per heavy atom. The number of ether oxygens (including phenoxy) is 2. The second-order valence-corrected chi connectivity index (χ2v) is 6.87. The van der Waals surface area contributed by atoms with E-state index in [0.29, 0.717) is 0 Å². The van der Waals surface area contributed by atoms with Crippen LogP contribution in [0.1, 0.15) is 5.56 Å². The van der Waals surface area contributed by atoms with Gasteiger partial charge >= 0.3 is 0 Å². The highest BCUT2D eigenvalue weighted by Crippen LogP contribution is 2.26. The van der Waals surface area contributed by atoms with Crippen LogP contribution in [0.2, 0.25) is 0 Å². The van der Waals surface area contributed by atoms with Crippen LogP contribution in [-0.2, 0) is 30.4 Å². The van der Waals surface area contributed by atoms with E-state index in [1.54, 1.807) is 24.3 Å². The summed E-state index contributed by atoms with van der Waals surface area (Å²) in [5.74, 6) is 0. The van der Waals surface area contributed by atoms with Gasteiger partial charge in [-0.05, 0) is 5.56 Å². The van der Waals surface area contributed by atoms with E-state index in [2.05, 4.69) is 0 Å². The van der Waals surface area contributed by atoms with Crippen LogP contribution in [0.3, 0.4) is 0 Å². The fourth-order valence-electron chi connectivity index (χ4n) is 2.25. The van der Waals surface area contributed by atoms with Gasteiger partial charge < -0.3 is 24.8 Å². The van der Waals surface area contributed by atoms with E-state index in [1.165, 1.54) is 0 Å². The Kier molecular flexibility index (Phi) is 6.09. The van der Waals surface area contributed by atoms with Gasteiger partial charge in [0.1, 0.15) is 18.3 Å². The molecule has 0 aromatic heterocycles. The summed E-state index contributed by atoms with van der Waals surface area (Å²) in [6.45, 7) is -0.481. The van der Waals surface area contributed by atoms with Gasteiger partial charge in [-0.2, -0.15) is 8.42 Å². The van der Waals surface area contributed by atoms with Crippen molar-refractivity contribution in [2.24, 2.45) is 0 Å². The second kappa shape index (κ2) is 7.67. The molecule has 1 aliphatic heterocycles. The fourth-order valence-corrected chi connectivity index (χ4v) is 2.86. The lowest BCUT2D eigenvalue weighted by molar-refractivity contribution is -0.297. The van der Waals surface area contributed by atoms with Crippen molar-refractivity contribution < 1.29 is 37.4 Å². The zero-order valence-electron chi connectivity index (χ0n) is 12.5. The van der Waals surface area contributed by atoms with Gasteiger partial charge in [0.05, 0.1) is 19.5 Å². The molecule has 5 atom stereocenters. The fraction of sp³-hybridized carbons (Fsp3) is 0.571. The minimum Gasteiger partial charge on any atom is -0.394 e. The van der Waals surface area contributed by atoms with E-state index in [1.807, 2.05) is 6.07 Å². The van der Waals surface area contributed by atoms with Gasteiger partial charge in [-0.25, -0.2) is 0 Å². The highest BCUT2D eigenvalue weighted by molar-refractivity contribution is 7.86. The van der Waals surface area contributed by atoms with Crippen LogP contribution >= 0.6 is 0 Å². The molecule has 1 fully saturated rings. The number of aliphatic hydroxyl groups is 3. The first-order valence-electron chi connectivity index (χ1n) is 6.98. The summed E-state index contributed by atoms with van der Waals surface area (Å²) in [7, 11) is -3.91. The maximum Gasteiger partial charge on any atom is 0.264 e. The van der Waals surface area contributed by atoms with Crippen LogP contribution < -0.4 is 0 Å². The maximum absolute atomic E-state index is 11.3. The van der Waals surface area contributed by atoms with Gasteiger partial charge in [0.2, 0.25) is 0 Å². The number of hydrogen-bond acceptors (Lipinski definition) is 8. The molecule has 1 heterocycles. The van der Waals surface area contributed by atoms with Gasteiger partial charge in [0.25, 0.3) is 10.1 Å².